The first-order chi connectivity index (χ1) is 14.4. The lowest BCUT2D eigenvalue weighted by Gasteiger charge is -2.20. The Morgan fingerprint density at radius 3 is 2.17 bits per heavy atom. The number of carbonyl (C=O) groups excluding carboxylic acids is 2. The second-order valence-electron chi connectivity index (χ2n) is 8.03. The van der Waals surface area contributed by atoms with Gasteiger partial charge in [-0.2, -0.15) is 0 Å². The average Bonchev–Trinajstić information content (AvgIpc) is 3.38. The zero-order valence-corrected chi connectivity index (χ0v) is 16.7. The zero-order chi connectivity index (χ0) is 21.3. The Labute approximate surface area is 174 Å². The molecule has 4 rings (SSSR count). The third kappa shape index (κ3) is 4.01. The Kier molecular flexibility index (Phi) is 5.20. The smallest absolute Gasteiger partial charge is 0.407 e. The molecule has 1 saturated carbocycles. The molecule has 0 aromatic heterocycles. The van der Waals surface area contributed by atoms with Crippen molar-refractivity contribution in [2.45, 2.75) is 43.7 Å². The quantitative estimate of drug-likeness (QED) is 0.653. The molecule has 0 heterocycles. The first-order valence-electron chi connectivity index (χ1n) is 10.0. The van der Waals surface area contributed by atoms with Crippen molar-refractivity contribution in [3.8, 4) is 11.1 Å². The monoisotopic (exact) mass is 408 g/mol. The van der Waals surface area contributed by atoms with Gasteiger partial charge in [-0.05, 0) is 42.0 Å². The SMILES string of the molecule is CC(NC(=O)OCC1c2ccccc2-c2ccccc21)C(=O)NC1(CC(=O)O)CC1. The van der Waals surface area contributed by atoms with Crippen LogP contribution < -0.4 is 10.6 Å². The van der Waals surface area contributed by atoms with Crippen LogP contribution >= 0.6 is 0 Å². The molecule has 156 valence electrons. The molecule has 0 radical (unpaired) electrons. The van der Waals surface area contributed by atoms with Crippen molar-refractivity contribution >= 4 is 18.0 Å². The number of alkyl carbamates (subject to hydrolysis) is 1. The maximum absolute atomic E-state index is 12.3. The molecule has 0 spiro atoms. The van der Waals surface area contributed by atoms with Gasteiger partial charge in [0.15, 0.2) is 0 Å². The van der Waals surface area contributed by atoms with E-state index < -0.39 is 29.6 Å². The summed E-state index contributed by atoms with van der Waals surface area (Å²) in [5.74, 6) is -1.43. The van der Waals surface area contributed by atoms with Crippen LogP contribution in [0.25, 0.3) is 11.1 Å². The van der Waals surface area contributed by atoms with Crippen molar-refractivity contribution < 1.29 is 24.2 Å². The number of rotatable bonds is 7. The minimum Gasteiger partial charge on any atom is -0.481 e. The van der Waals surface area contributed by atoms with Gasteiger partial charge in [-0.15, -0.1) is 0 Å². The maximum Gasteiger partial charge on any atom is 0.407 e. The molecule has 0 aliphatic heterocycles. The van der Waals surface area contributed by atoms with Gasteiger partial charge in [0.05, 0.1) is 12.0 Å². The zero-order valence-electron chi connectivity index (χ0n) is 16.7. The topological polar surface area (TPSA) is 105 Å². The fourth-order valence-electron chi connectivity index (χ4n) is 4.04. The summed E-state index contributed by atoms with van der Waals surface area (Å²) in [6.07, 6.45) is 0.463. The highest BCUT2D eigenvalue weighted by Gasteiger charge is 2.46. The Morgan fingerprint density at radius 2 is 1.63 bits per heavy atom. The average molecular weight is 408 g/mol. The fourth-order valence-corrected chi connectivity index (χ4v) is 4.04. The van der Waals surface area contributed by atoms with Crippen LogP contribution in [0.2, 0.25) is 0 Å². The molecule has 7 heteroatoms. The molecule has 0 bridgehead atoms. The molecule has 2 aromatic carbocycles. The van der Waals surface area contributed by atoms with Gasteiger partial charge >= 0.3 is 12.1 Å². The highest BCUT2D eigenvalue weighted by Crippen LogP contribution is 2.44. The van der Waals surface area contributed by atoms with Gasteiger partial charge in [0.1, 0.15) is 12.6 Å². The molecule has 2 aromatic rings. The molecular weight excluding hydrogens is 384 g/mol. The lowest BCUT2D eigenvalue weighted by Crippen LogP contribution is -2.49. The number of ether oxygens (including phenoxy) is 1. The number of nitrogens with one attached hydrogen (secondary N) is 2. The lowest BCUT2D eigenvalue weighted by atomic mass is 9.98. The molecule has 2 aliphatic rings. The summed E-state index contributed by atoms with van der Waals surface area (Å²) in [6.45, 7) is 1.71. The first kappa shape index (κ1) is 19.9. The second-order valence-corrected chi connectivity index (χ2v) is 8.03. The van der Waals surface area contributed by atoms with E-state index in [0.717, 1.165) is 22.3 Å². The Hall–Kier alpha value is -3.35. The molecular formula is C23H24N2O5. The molecule has 2 aliphatic carbocycles. The Bertz CT molecular complexity index is 953. The van der Waals surface area contributed by atoms with Gasteiger partial charge in [-0.3, -0.25) is 9.59 Å². The summed E-state index contributed by atoms with van der Waals surface area (Å²) in [5.41, 5.74) is 3.83. The summed E-state index contributed by atoms with van der Waals surface area (Å²) in [7, 11) is 0. The summed E-state index contributed by atoms with van der Waals surface area (Å²) in [6, 6.07) is 15.3. The van der Waals surface area contributed by atoms with Crippen molar-refractivity contribution in [3.05, 3.63) is 59.7 Å². The van der Waals surface area contributed by atoms with Crippen LogP contribution in [0.1, 0.15) is 43.2 Å². The minimum atomic E-state index is -0.954. The number of carboxylic acid groups (broad SMARTS) is 1. The number of benzene rings is 2. The van der Waals surface area contributed by atoms with Crippen molar-refractivity contribution in [3.63, 3.8) is 0 Å². The molecule has 1 fully saturated rings. The van der Waals surface area contributed by atoms with E-state index in [0.29, 0.717) is 12.8 Å². The maximum atomic E-state index is 12.3. The number of carbonyl (C=O) groups is 3. The van der Waals surface area contributed by atoms with Crippen LogP contribution in [0.15, 0.2) is 48.5 Å². The normalized spacial score (nSPS) is 16.7. The van der Waals surface area contributed by atoms with Crippen LogP contribution in [0.5, 0.6) is 0 Å². The van der Waals surface area contributed by atoms with E-state index in [-0.39, 0.29) is 18.9 Å². The fraction of sp³-hybridized carbons (Fsp3) is 0.348. The van der Waals surface area contributed by atoms with E-state index in [1.165, 1.54) is 0 Å². The standard InChI is InChI=1S/C23H24N2O5/c1-14(21(28)25-23(10-11-23)12-20(26)27)24-22(29)30-13-19-17-8-4-2-6-15(17)16-7-3-5-9-18(16)19/h2-9,14,19H,10-13H2,1H3,(H,24,29)(H,25,28)(H,26,27). The van der Waals surface area contributed by atoms with Crippen LogP contribution in [-0.4, -0.2) is 41.3 Å². The van der Waals surface area contributed by atoms with Crippen LogP contribution in [0, 0.1) is 0 Å². The van der Waals surface area contributed by atoms with Crippen molar-refractivity contribution in [2.24, 2.45) is 0 Å². The van der Waals surface area contributed by atoms with Crippen molar-refractivity contribution in [1.29, 1.82) is 0 Å². The van der Waals surface area contributed by atoms with Crippen molar-refractivity contribution in [1.82, 2.24) is 10.6 Å². The Morgan fingerprint density at radius 1 is 1.07 bits per heavy atom. The molecule has 3 N–H and O–H groups in total. The van der Waals surface area contributed by atoms with E-state index in [1.807, 2.05) is 36.4 Å². The molecule has 30 heavy (non-hydrogen) atoms. The largest absolute Gasteiger partial charge is 0.481 e. The summed E-state index contributed by atoms with van der Waals surface area (Å²) in [4.78, 5) is 35.5. The van der Waals surface area contributed by atoms with Crippen LogP contribution in [0.3, 0.4) is 0 Å². The van der Waals surface area contributed by atoms with Gasteiger partial charge in [0.2, 0.25) is 5.91 Å². The van der Waals surface area contributed by atoms with Gasteiger partial charge in [-0.25, -0.2) is 4.79 Å². The van der Waals surface area contributed by atoms with E-state index in [2.05, 4.69) is 22.8 Å². The van der Waals surface area contributed by atoms with E-state index in [1.54, 1.807) is 6.92 Å². The molecule has 1 unspecified atom stereocenters. The van der Waals surface area contributed by atoms with Gasteiger partial charge in [-0.1, -0.05) is 48.5 Å². The molecule has 7 nitrogen and oxygen atoms in total. The minimum absolute atomic E-state index is 0.0578. The van der Waals surface area contributed by atoms with Crippen LogP contribution in [-0.2, 0) is 14.3 Å². The summed E-state index contributed by atoms with van der Waals surface area (Å²) in [5, 5.41) is 14.2. The third-order valence-electron chi connectivity index (χ3n) is 5.80. The highest BCUT2D eigenvalue weighted by atomic mass is 16.5. The predicted molar refractivity (Wildman–Crippen MR) is 110 cm³/mol. The molecule has 1 atom stereocenters. The number of hydrogen-bond donors (Lipinski definition) is 3. The third-order valence-corrected chi connectivity index (χ3v) is 5.80. The number of hydrogen-bond acceptors (Lipinski definition) is 4. The van der Waals surface area contributed by atoms with E-state index >= 15 is 0 Å². The second kappa shape index (κ2) is 7.82. The summed E-state index contributed by atoms with van der Waals surface area (Å²) >= 11 is 0. The lowest BCUT2D eigenvalue weighted by molar-refractivity contribution is -0.138. The van der Waals surface area contributed by atoms with Gasteiger partial charge in [0, 0.05) is 5.92 Å². The number of aliphatic carboxylic acids is 1. The Balaban J connectivity index is 1.34. The van der Waals surface area contributed by atoms with E-state index in [4.69, 9.17) is 9.84 Å². The summed E-state index contributed by atoms with van der Waals surface area (Å²) < 4.78 is 5.45. The van der Waals surface area contributed by atoms with Gasteiger partial charge < -0.3 is 20.5 Å². The first-order valence-corrected chi connectivity index (χ1v) is 10.0. The number of carboxylic acids is 1. The van der Waals surface area contributed by atoms with E-state index in [9.17, 15) is 14.4 Å². The predicted octanol–water partition coefficient (Wildman–Crippen LogP) is 3.04. The number of amides is 2. The van der Waals surface area contributed by atoms with Crippen molar-refractivity contribution in [2.75, 3.05) is 6.61 Å². The molecule has 0 saturated heterocycles. The molecule has 2 amide bonds. The van der Waals surface area contributed by atoms with Crippen LogP contribution in [0.4, 0.5) is 4.79 Å². The van der Waals surface area contributed by atoms with Gasteiger partial charge in [0.25, 0.3) is 0 Å². The highest BCUT2D eigenvalue weighted by molar-refractivity contribution is 5.87. The number of fused-ring (bicyclic) bond motifs is 3.